The molecular formula is C12H13NO5. The fraction of sp³-hybridized carbons (Fsp3) is 0.417. The van der Waals surface area contributed by atoms with Gasteiger partial charge in [0.25, 0.3) is 5.69 Å². The Morgan fingerprint density at radius 1 is 1.39 bits per heavy atom. The van der Waals surface area contributed by atoms with Gasteiger partial charge in [-0.15, -0.1) is 0 Å². The number of hydrogen-bond acceptors (Lipinski definition) is 4. The smallest absolute Gasteiger partial charge is 0.339 e. The second kappa shape index (κ2) is 5.03. The van der Waals surface area contributed by atoms with Crippen molar-refractivity contribution in [2.24, 2.45) is 0 Å². The Morgan fingerprint density at radius 2 is 2.06 bits per heavy atom. The molecule has 1 aromatic carbocycles. The molecule has 0 bridgehead atoms. The maximum absolute atomic E-state index is 11.0. The standard InChI is InChI=1S/C12H13NO5/c14-12(15)10-6-5-8(13(16)17)7-11(10)18-9-3-1-2-4-9/h5-7,9H,1-4H2,(H,14,15). The topological polar surface area (TPSA) is 89.7 Å². The molecule has 0 spiro atoms. The first-order valence-corrected chi connectivity index (χ1v) is 5.76. The van der Waals surface area contributed by atoms with Gasteiger partial charge in [-0.2, -0.15) is 0 Å². The Morgan fingerprint density at radius 3 is 2.61 bits per heavy atom. The van der Waals surface area contributed by atoms with Gasteiger partial charge in [-0.3, -0.25) is 10.1 Å². The summed E-state index contributed by atoms with van der Waals surface area (Å²) in [7, 11) is 0. The van der Waals surface area contributed by atoms with Gasteiger partial charge in [-0.25, -0.2) is 4.79 Å². The molecule has 6 nitrogen and oxygen atoms in total. The summed E-state index contributed by atoms with van der Waals surface area (Å²) in [6, 6.07) is 3.57. The van der Waals surface area contributed by atoms with E-state index in [1.165, 1.54) is 18.2 Å². The van der Waals surface area contributed by atoms with Crippen LogP contribution in [0.5, 0.6) is 5.75 Å². The third-order valence-corrected chi connectivity index (χ3v) is 3.00. The number of nitro benzene ring substituents is 1. The number of carboxylic acid groups (broad SMARTS) is 1. The number of non-ortho nitro benzene ring substituents is 1. The van der Waals surface area contributed by atoms with Crippen molar-refractivity contribution in [3.05, 3.63) is 33.9 Å². The number of hydrogen-bond donors (Lipinski definition) is 1. The minimum atomic E-state index is -1.14. The summed E-state index contributed by atoms with van der Waals surface area (Å²) in [6.07, 6.45) is 3.78. The number of ether oxygens (including phenoxy) is 1. The van der Waals surface area contributed by atoms with Crippen molar-refractivity contribution < 1.29 is 19.6 Å². The number of nitro groups is 1. The van der Waals surface area contributed by atoms with Gasteiger partial charge in [0, 0.05) is 6.07 Å². The monoisotopic (exact) mass is 251 g/mol. The van der Waals surface area contributed by atoms with Gasteiger partial charge in [0.05, 0.1) is 17.1 Å². The molecular weight excluding hydrogens is 238 g/mol. The number of rotatable bonds is 4. The van der Waals surface area contributed by atoms with Crippen LogP contribution >= 0.6 is 0 Å². The molecule has 0 aliphatic heterocycles. The lowest BCUT2D eigenvalue weighted by atomic mass is 10.1. The predicted octanol–water partition coefficient (Wildman–Crippen LogP) is 2.61. The van der Waals surface area contributed by atoms with Crippen molar-refractivity contribution in [3.8, 4) is 5.75 Å². The fourth-order valence-corrected chi connectivity index (χ4v) is 2.08. The first kappa shape index (κ1) is 12.3. The zero-order valence-electron chi connectivity index (χ0n) is 9.67. The molecule has 18 heavy (non-hydrogen) atoms. The SMILES string of the molecule is O=C(O)c1ccc([N+](=O)[O-])cc1OC1CCCC1. The highest BCUT2D eigenvalue weighted by atomic mass is 16.6. The average Bonchev–Trinajstić information content (AvgIpc) is 2.81. The van der Waals surface area contributed by atoms with E-state index >= 15 is 0 Å². The van der Waals surface area contributed by atoms with Crippen LogP contribution in [-0.2, 0) is 0 Å². The zero-order valence-corrected chi connectivity index (χ0v) is 9.67. The molecule has 1 fully saturated rings. The number of carbonyl (C=O) groups is 1. The molecule has 0 saturated heterocycles. The highest BCUT2D eigenvalue weighted by Crippen LogP contribution is 2.29. The second-order valence-corrected chi connectivity index (χ2v) is 4.27. The van der Waals surface area contributed by atoms with Crippen LogP contribution in [0.1, 0.15) is 36.0 Å². The summed E-state index contributed by atoms with van der Waals surface area (Å²) in [5.74, 6) is -1.05. The zero-order chi connectivity index (χ0) is 13.1. The van der Waals surface area contributed by atoms with E-state index in [0.717, 1.165) is 25.7 Å². The molecule has 0 aromatic heterocycles. The lowest BCUT2D eigenvalue weighted by molar-refractivity contribution is -0.385. The molecule has 1 aromatic rings. The number of aromatic carboxylic acids is 1. The highest BCUT2D eigenvalue weighted by molar-refractivity contribution is 5.91. The molecule has 96 valence electrons. The summed E-state index contributed by atoms with van der Waals surface area (Å²) in [4.78, 5) is 21.1. The lowest BCUT2D eigenvalue weighted by Gasteiger charge is -2.14. The van der Waals surface area contributed by atoms with E-state index in [4.69, 9.17) is 9.84 Å². The van der Waals surface area contributed by atoms with Crippen molar-refractivity contribution in [2.45, 2.75) is 31.8 Å². The molecule has 6 heteroatoms. The third kappa shape index (κ3) is 2.58. The van der Waals surface area contributed by atoms with Gasteiger partial charge >= 0.3 is 5.97 Å². The maximum Gasteiger partial charge on any atom is 0.339 e. The van der Waals surface area contributed by atoms with E-state index < -0.39 is 10.9 Å². The van der Waals surface area contributed by atoms with E-state index in [1.54, 1.807) is 0 Å². The molecule has 0 heterocycles. The first-order chi connectivity index (χ1) is 8.58. The van der Waals surface area contributed by atoms with Crippen LogP contribution in [0.25, 0.3) is 0 Å². The van der Waals surface area contributed by atoms with Gasteiger partial charge in [-0.05, 0) is 31.7 Å². The summed E-state index contributed by atoms with van der Waals surface area (Å²) in [5.41, 5.74) is -0.194. The Balaban J connectivity index is 2.30. The molecule has 1 N–H and O–H groups in total. The van der Waals surface area contributed by atoms with Crippen LogP contribution in [0, 0.1) is 10.1 Å². The quantitative estimate of drug-likeness (QED) is 0.656. The van der Waals surface area contributed by atoms with Crippen molar-refractivity contribution in [1.29, 1.82) is 0 Å². The Kier molecular flexibility index (Phi) is 3.45. The fourth-order valence-electron chi connectivity index (χ4n) is 2.08. The molecule has 1 aliphatic rings. The number of nitrogens with zero attached hydrogens (tertiary/aromatic N) is 1. The van der Waals surface area contributed by atoms with Crippen LogP contribution < -0.4 is 4.74 Å². The van der Waals surface area contributed by atoms with E-state index in [0.29, 0.717) is 0 Å². The Bertz CT molecular complexity index is 479. The van der Waals surface area contributed by atoms with E-state index in [9.17, 15) is 14.9 Å². The van der Waals surface area contributed by atoms with Crippen molar-refractivity contribution >= 4 is 11.7 Å². The van der Waals surface area contributed by atoms with Crippen LogP contribution in [0.15, 0.2) is 18.2 Å². The molecule has 0 radical (unpaired) electrons. The molecule has 0 atom stereocenters. The van der Waals surface area contributed by atoms with Gasteiger partial charge < -0.3 is 9.84 Å². The van der Waals surface area contributed by atoms with Crippen molar-refractivity contribution in [1.82, 2.24) is 0 Å². The summed E-state index contributed by atoms with van der Waals surface area (Å²) >= 11 is 0. The van der Waals surface area contributed by atoms with E-state index in [1.807, 2.05) is 0 Å². The van der Waals surface area contributed by atoms with Crippen LogP contribution in [0.3, 0.4) is 0 Å². The molecule has 1 aliphatic carbocycles. The van der Waals surface area contributed by atoms with Crippen molar-refractivity contribution in [2.75, 3.05) is 0 Å². The van der Waals surface area contributed by atoms with E-state index in [2.05, 4.69) is 0 Å². The van der Waals surface area contributed by atoms with E-state index in [-0.39, 0.29) is 23.1 Å². The van der Waals surface area contributed by atoms with Gasteiger partial charge in [-0.1, -0.05) is 0 Å². The predicted molar refractivity (Wildman–Crippen MR) is 62.9 cm³/mol. The lowest BCUT2D eigenvalue weighted by Crippen LogP contribution is -2.13. The highest BCUT2D eigenvalue weighted by Gasteiger charge is 2.22. The minimum Gasteiger partial charge on any atom is -0.489 e. The molecule has 0 unspecified atom stereocenters. The number of benzene rings is 1. The van der Waals surface area contributed by atoms with Crippen LogP contribution in [0.2, 0.25) is 0 Å². The molecule has 1 saturated carbocycles. The largest absolute Gasteiger partial charge is 0.489 e. The summed E-state index contributed by atoms with van der Waals surface area (Å²) in [6.45, 7) is 0. The summed E-state index contributed by atoms with van der Waals surface area (Å²) < 4.78 is 5.57. The number of carboxylic acids is 1. The molecule has 0 amide bonds. The van der Waals surface area contributed by atoms with Gasteiger partial charge in [0.1, 0.15) is 11.3 Å². The van der Waals surface area contributed by atoms with Crippen LogP contribution in [0.4, 0.5) is 5.69 Å². The van der Waals surface area contributed by atoms with Gasteiger partial charge in [0.2, 0.25) is 0 Å². The molecule has 2 rings (SSSR count). The van der Waals surface area contributed by atoms with Gasteiger partial charge in [0.15, 0.2) is 0 Å². The minimum absolute atomic E-state index is 0.0347. The maximum atomic E-state index is 11.0. The Hall–Kier alpha value is -2.11. The van der Waals surface area contributed by atoms with Crippen molar-refractivity contribution in [3.63, 3.8) is 0 Å². The first-order valence-electron chi connectivity index (χ1n) is 5.76. The second-order valence-electron chi connectivity index (χ2n) is 4.27. The third-order valence-electron chi connectivity index (χ3n) is 3.00. The Labute approximate surface area is 103 Å². The normalized spacial score (nSPS) is 15.6. The summed E-state index contributed by atoms with van der Waals surface area (Å²) in [5, 5.41) is 19.7. The average molecular weight is 251 g/mol. The van der Waals surface area contributed by atoms with Crippen LogP contribution in [-0.4, -0.2) is 22.1 Å².